The number of nitrogens with zero attached hydrogens (tertiary/aromatic N) is 1. The lowest BCUT2D eigenvalue weighted by Gasteiger charge is -2.32. The number of hydrogen-bond acceptors (Lipinski definition) is 3. The third-order valence-corrected chi connectivity index (χ3v) is 3.56. The number of nitrogens with one attached hydrogen (secondary N) is 2. The molecule has 0 spiro atoms. The van der Waals surface area contributed by atoms with E-state index in [-0.39, 0.29) is 11.3 Å². The molecule has 92 valence electrons. The summed E-state index contributed by atoms with van der Waals surface area (Å²) in [7, 11) is 0. The SMILES string of the molecule is CC1(C(=O)Nc2cccnc2Cl)CCNCC1. The van der Waals surface area contributed by atoms with Gasteiger partial charge in [-0.05, 0) is 38.1 Å². The molecule has 1 aromatic rings. The van der Waals surface area contributed by atoms with Crippen LogP contribution in [0, 0.1) is 5.41 Å². The minimum absolute atomic E-state index is 0.0221. The van der Waals surface area contributed by atoms with Crippen LogP contribution in [0.2, 0.25) is 5.15 Å². The number of aromatic nitrogens is 1. The van der Waals surface area contributed by atoms with Crippen LogP contribution in [0.3, 0.4) is 0 Å². The largest absolute Gasteiger partial charge is 0.323 e. The zero-order valence-corrected chi connectivity index (χ0v) is 10.5. The second-order valence-corrected chi connectivity index (χ2v) is 4.96. The molecular weight excluding hydrogens is 238 g/mol. The Hall–Kier alpha value is -1.13. The van der Waals surface area contributed by atoms with Crippen molar-refractivity contribution in [2.45, 2.75) is 19.8 Å². The summed E-state index contributed by atoms with van der Waals surface area (Å²) >= 11 is 5.91. The molecule has 0 unspecified atom stereocenters. The van der Waals surface area contributed by atoms with Crippen LogP contribution in [0.25, 0.3) is 0 Å². The Kier molecular flexibility index (Phi) is 3.64. The van der Waals surface area contributed by atoms with Crippen molar-refractivity contribution < 1.29 is 4.79 Å². The van der Waals surface area contributed by atoms with E-state index < -0.39 is 0 Å². The third kappa shape index (κ3) is 2.76. The van der Waals surface area contributed by atoms with Crippen molar-refractivity contribution in [3.63, 3.8) is 0 Å². The average Bonchev–Trinajstić information content (AvgIpc) is 2.33. The topological polar surface area (TPSA) is 54.0 Å². The Bertz CT molecular complexity index is 416. The van der Waals surface area contributed by atoms with Crippen LogP contribution < -0.4 is 10.6 Å². The number of carbonyl (C=O) groups is 1. The van der Waals surface area contributed by atoms with Crippen molar-refractivity contribution in [2.24, 2.45) is 5.41 Å². The zero-order valence-electron chi connectivity index (χ0n) is 9.79. The summed E-state index contributed by atoms with van der Waals surface area (Å²) < 4.78 is 0. The molecule has 2 rings (SSSR count). The van der Waals surface area contributed by atoms with Crippen LogP contribution in [0.5, 0.6) is 0 Å². The van der Waals surface area contributed by atoms with Crippen molar-refractivity contribution in [1.82, 2.24) is 10.3 Å². The normalized spacial score (nSPS) is 18.7. The Morgan fingerprint density at radius 2 is 2.24 bits per heavy atom. The smallest absolute Gasteiger partial charge is 0.230 e. The fourth-order valence-corrected chi connectivity index (χ4v) is 2.12. The number of amides is 1. The number of rotatable bonds is 2. The summed E-state index contributed by atoms with van der Waals surface area (Å²) in [4.78, 5) is 16.2. The van der Waals surface area contributed by atoms with E-state index in [0.717, 1.165) is 25.9 Å². The molecule has 2 N–H and O–H groups in total. The van der Waals surface area contributed by atoms with E-state index in [1.54, 1.807) is 18.3 Å². The summed E-state index contributed by atoms with van der Waals surface area (Å²) in [5.74, 6) is 0.0221. The zero-order chi connectivity index (χ0) is 12.3. The van der Waals surface area contributed by atoms with E-state index in [1.165, 1.54) is 0 Å². The molecule has 0 aliphatic carbocycles. The minimum atomic E-state index is -0.315. The summed E-state index contributed by atoms with van der Waals surface area (Å²) in [5, 5.41) is 6.44. The highest BCUT2D eigenvalue weighted by Gasteiger charge is 2.34. The van der Waals surface area contributed by atoms with Gasteiger partial charge in [0.05, 0.1) is 5.69 Å². The summed E-state index contributed by atoms with van der Waals surface area (Å²) in [6.45, 7) is 3.75. The molecule has 1 fully saturated rings. The van der Waals surface area contributed by atoms with Crippen LogP contribution in [0.15, 0.2) is 18.3 Å². The van der Waals surface area contributed by atoms with Gasteiger partial charge in [0, 0.05) is 11.6 Å². The van der Waals surface area contributed by atoms with Crippen molar-refractivity contribution in [3.05, 3.63) is 23.5 Å². The number of piperidine rings is 1. The second-order valence-electron chi connectivity index (χ2n) is 4.61. The van der Waals surface area contributed by atoms with Gasteiger partial charge in [0.25, 0.3) is 0 Å². The molecule has 0 atom stereocenters. The molecule has 2 heterocycles. The summed E-state index contributed by atoms with van der Waals surface area (Å²) in [6.07, 6.45) is 3.29. The average molecular weight is 254 g/mol. The van der Waals surface area contributed by atoms with E-state index >= 15 is 0 Å². The fourth-order valence-electron chi connectivity index (χ4n) is 1.96. The minimum Gasteiger partial charge on any atom is -0.323 e. The van der Waals surface area contributed by atoms with Crippen LogP contribution >= 0.6 is 11.6 Å². The van der Waals surface area contributed by atoms with Crippen molar-refractivity contribution in [2.75, 3.05) is 18.4 Å². The Morgan fingerprint density at radius 3 is 2.88 bits per heavy atom. The monoisotopic (exact) mass is 253 g/mol. The first kappa shape index (κ1) is 12.3. The number of pyridine rings is 1. The molecular formula is C12H16ClN3O. The molecule has 0 bridgehead atoms. The van der Waals surface area contributed by atoms with Crippen LogP contribution in [0.4, 0.5) is 5.69 Å². The lowest BCUT2D eigenvalue weighted by atomic mass is 9.80. The Balaban J connectivity index is 2.08. The number of carbonyl (C=O) groups excluding carboxylic acids is 1. The van der Waals surface area contributed by atoms with Gasteiger partial charge in [0.2, 0.25) is 5.91 Å². The highest BCUT2D eigenvalue weighted by atomic mass is 35.5. The van der Waals surface area contributed by atoms with E-state index in [4.69, 9.17) is 11.6 Å². The van der Waals surface area contributed by atoms with Crippen molar-refractivity contribution in [1.29, 1.82) is 0 Å². The first-order valence-corrected chi connectivity index (χ1v) is 6.12. The molecule has 0 saturated carbocycles. The van der Waals surface area contributed by atoms with Gasteiger partial charge < -0.3 is 10.6 Å². The summed E-state index contributed by atoms with van der Waals surface area (Å²) in [6, 6.07) is 3.52. The molecule has 1 saturated heterocycles. The Morgan fingerprint density at radius 1 is 1.53 bits per heavy atom. The maximum atomic E-state index is 12.2. The maximum Gasteiger partial charge on any atom is 0.230 e. The second kappa shape index (κ2) is 5.02. The van der Waals surface area contributed by atoms with E-state index in [1.807, 2.05) is 6.92 Å². The predicted molar refractivity (Wildman–Crippen MR) is 68.1 cm³/mol. The molecule has 1 aliphatic heterocycles. The highest BCUT2D eigenvalue weighted by molar-refractivity contribution is 6.32. The highest BCUT2D eigenvalue weighted by Crippen LogP contribution is 2.30. The number of halogens is 1. The van der Waals surface area contributed by atoms with Gasteiger partial charge >= 0.3 is 0 Å². The first-order chi connectivity index (χ1) is 8.12. The van der Waals surface area contributed by atoms with E-state index in [0.29, 0.717) is 10.8 Å². The van der Waals surface area contributed by atoms with Crippen molar-refractivity contribution in [3.8, 4) is 0 Å². The Labute approximate surface area is 106 Å². The van der Waals surface area contributed by atoms with Gasteiger partial charge in [0.15, 0.2) is 5.15 Å². The summed E-state index contributed by atoms with van der Waals surface area (Å²) in [5.41, 5.74) is 0.267. The number of anilines is 1. The third-order valence-electron chi connectivity index (χ3n) is 3.26. The predicted octanol–water partition coefficient (Wildman–Crippen LogP) is 2.06. The van der Waals surface area contributed by atoms with Gasteiger partial charge in [-0.2, -0.15) is 0 Å². The lowest BCUT2D eigenvalue weighted by Crippen LogP contribution is -2.42. The van der Waals surface area contributed by atoms with E-state index in [9.17, 15) is 4.79 Å². The van der Waals surface area contributed by atoms with Gasteiger partial charge in [-0.25, -0.2) is 4.98 Å². The van der Waals surface area contributed by atoms with Gasteiger partial charge in [-0.15, -0.1) is 0 Å². The fraction of sp³-hybridized carbons (Fsp3) is 0.500. The van der Waals surface area contributed by atoms with Gasteiger partial charge in [0.1, 0.15) is 0 Å². The van der Waals surface area contributed by atoms with Gasteiger partial charge in [-0.3, -0.25) is 4.79 Å². The quantitative estimate of drug-likeness (QED) is 0.794. The molecule has 1 amide bonds. The standard InChI is InChI=1S/C12H16ClN3O/c1-12(4-7-14-8-5-12)11(17)16-9-3-2-6-15-10(9)13/h2-3,6,14H,4-5,7-8H2,1H3,(H,16,17). The first-order valence-electron chi connectivity index (χ1n) is 5.74. The number of hydrogen-bond donors (Lipinski definition) is 2. The van der Waals surface area contributed by atoms with Crippen LogP contribution in [-0.2, 0) is 4.79 Å². The maximum absolute atomic E-state index is 12.2. The molecule has 1 aliphatic rings. The molecule has 0 aromatic carbocycles. The molecule has 5 heteroatoms. The molecule has 0 radical (unpaired) electrons. The van der Waals surface area contributed by atoms with Gasteiger partial charge in [-0.1, -0.05) is 18.5 Å². The molecule has 1 aromatic heterocycles. The van der Waals surface area contributed by atoms with Crippen LogP contribution in [0.1, 0.15) is 19.8 Å². The lowest BCUT2D eigenvalue weighted by molar-refractivity contribution is -0.126. The molecule has 4 nitrogen and oxygen atoms in total. The van der Waals surface area contributed by atoms with E-state index in [2.05, 4.69) is 15.6 Å². The van der Waals surface area contributed by atoms with Crippen LogP contribution in [-0.4, -0.2) is 24.0 Å². The van der Waals surface area contributed by atoms with Crippen molar-refractivity contribution >= 4 is 23.2 Å². The molecule has 17 heavy (non-hydrogen) atoms.